The molecule has 0 saturated heterocycles. The number of para-hydroxylation sites is 1. The molecule has 1 N–H and O–H groups in total. The van der Waals surface area contributed by atoms with Gasteiger partial charge in [-0.3, -0.25) is 0 Å². The van der Waals surface area contributed by atoms with Crippen molar-refractivity contribution < 1.29 is 4.74 Å². The van der Waals surface area contributed by atoms with Crippen molar-refractivity contribution in [3.8, 4) is 5.75 Å². The van der Waals surface area contributed by atoms with Gasteiger partial charge in [0, 0.05) is 27.4 Å². The Hall–Kier alpha value is -1.32. The third-order valence-corrected chi connectivity index (χ3v) is 4.55. The molecule has 0 amide bonds. The average molecular weight is 303 g/mol. The Labute approximate surface area is 132 Å². The lowest BCUT2D eigenvalue weighted by Crippen LogP contribution is -2.30. The fourth-order valence-corrected chi connectivity index (χ4v) is 3.62. The van der Waals surface area contributed by atoms with Crippen molar-refractivity contribution in [2.24, 2.45) is 0 Å². The van der Waals surface area contributed by atoms with Crippen LogP contribution in [-0.2, 0) is 6.42 Å². The van der Waals surface area contributed by atoms with Gasteiger partial charge < -0.3 is 10.1 Å². The summed E-state index contributed by atoms with van der Waals surface area (Å²) in [5.74, 6) is 0.985. The molecule has 114 valence electrons. The molecule has 0 fully saturated rings. The van der Waals surface area contributed by atoms with Crippen LogP contribution in [-0.4, -0.2) is 12.6 Å². The standard InChI is InChI=1S/C18H25NOS/c1-5-20-18-9-7-6-8-17(18)15(4)19-13(2)12-16-11-10-14(3)21-16/h6-11,13,15,19H,5,12H2,1-4H3. The second kappa shape index (κ2) is 7.62. The van der Waals surface area contributed by atoms with Crippen molar-refractivity contribution in [3.63, 3.8) is 0 Å². The van der Waals surface area contributed by atoms with Gasteiger partial charge in [-0.1, -0.05) is 18.2 Å². The number of aryl methyl sites for hydroxylation is 1. The first-order valence-electron chi connectivity index (χ1n) is 7.63. The van der Waals surface area contributed by atoms with Gasteiger partial charge in [-0.25, -0.2) is 0 Å². The quantitative estimate of drug-likeness (QED) is 0.798. The zero-order chi connectivity index (χ0) is 15.2. The molecule has 2 unspecified atom stereocenters. The van der Waals surface area contributed by atoms with E-state index in [1.165, 1.54) is 15.3 Å². The molecule has 0 aliphatic carbocycles. The van der Waals surface area contributed by atoms with Crippen molar-refractivity contribution in [1.82, 2.24) is 5.32 Å². The third-order valence-electron chi connectivity index (χ3n) is 3.52. The second-order valence-corrected chi connectivity index (χ2v) is 6.85. The Morgan fingerprint density at radius 3 is 2.57 bits per heavy atom. The summed E-state index contributed by atoms with van der Waals surface area (Å²) in [4.78, 5) is 2.82. The summed E-state index contributed by atoms with van der Waals surface area (Å²) in [6, 6.07) is 13.4. The lowest BCUT2D eigenvalue weighted by molar-refractivity contribution is 0.330. The molecule has 1 heterocycles. The molecule has 21 heavy (non-hydrogen) atoms. The monoisotopic (exact) mass is 303 g/mol. The normalized spacial score (nSPS) is 13.9. The van der Waals surface area contributed by atoms with Gasteiger partial charge in [-0.15, -0.1) is 11.3 Å². The van der Waals surface area contributed by atoms with Crippen LogP contribution >= 0.6 is 11.3 Å². The summed E-state index contributed by atoms with van der Waals surface area (Å²) in [5, 5.41) is 3.68. The Balaban J connectivity index is 1.98. The van der Waals surface area contributed by atoms with E-state index >= 15 is 0 Å². The summed E-state index contributed by atoms with van der Waals surface area (Å²) in [6.45, 7) is 9.33. The molecule has 1 aromatic heterocycles. The van der Waals surface area contributed by atoms with Gasteiger partial charge in [0.15, 0.2) is 0 Å². The molecular formula is C18H25NOS. The van der Waals surface area contributed by atoms with E-state index < -0.39 is 0 Å². The Morgan fingerprint density at radius 1 is 1.14 bits per heavy atom. The molecule has 0 spiro atoms. The van der Waals surface area contributed by atoms with Crippen molar-refractivity contribution in [2.45, 2.75) is 46.2 Å². The Kier molecular flexibility index (Phi) is 5.83. The molecule has 2 nitrogen and oxygen atoms in total. The third kappa shape index (κ3) is 4.58. The maximum absolute atomic E-state index is 5.72. The molecule has 3 heteroatoms. The van der Waals surface area contributed by atoms with Gasteiger partial charge >= 0.3 is 0 Å². The number of hydrogen-bond donors (Lipinski definition) is 1. The van der Waals surface area contributed by atoms with Crippen LogP contribution in [0.1, 0.15) is 42.1 Å². The number of hydrogen-bond acceptors (Lipinski definition) is 3. The minimum Gasteiger partial charge on any atom is -0.494 e. The zero-order valence-corrected chi connectivity index (χ0v) is 14.2. The van der Waals surface area contributed by atoms with Gasteiger partial charge in [0.2, 0.25) is 0 Å². The van der Waals surface area contributed by atoms with Crippen molar-refractivity contribution in [3.05, 3.63) is 51.7 Å². The van der Waals surface area contributed by atoms with Crippen LogP contribution in [0.4, 0.5) is 0 Å². The molecule has 2 atom stereocenters. The van der Waals surface area contributed by atoms with Crippen molar-refractivity contribution in [2.75, 3.05) is 6.61 Å². The molecule has 0 aliphatic heterocycles. The minimum atomic E-state index is 0.281. The Bertz CT molecular complexity index is 564. The topological polar surface area (TPSA) is 21.3 Å². The average Bonchev–Trinajstić information content (AvgIpc) is 2.84. The van der Waals surface area contributed by atoms with E-state index in [9.17, 15) is 0 Å². The molecule has 2 rings (SSSR count). The second-order valence-electron chi connectivity index (χ2n) is 5.48. The summed E-state index contributed by atoms with van der Waals surface area (Å²) in [6.07, 6.45) is 1.07. The molecule has 0 bridgehead atoms. The smallest absolute Gasteiger partial charge is 0.124 e. The zero-order valence-electron chi connectivity index (χ0n) is 13.3. The predicted molar refractivity (Wildman–Crippen MR) is 91.4 cm³/mol. The fourth-order valence-electron chi connectivity index (χ4n) is 2.60. The van der Waals surface area contributed by atoms with Gasteiger partial charge in [0.05, 0.1) is 6.61 Å². The van der Waals surface area contributed by atoms with Crippen LogP contribution in [0.3, 0.4) is 0 Å². The predicted octanol–water partition coefficient (Wildman–Crippen LogP) is 4.74. The number of thiophene rings is 1. The first kappa shape index (κ1) is 16.1. The SMILES string of the molecule is CCOc1ccccc1C(C)NC(C)Cc1ccc(C)s1. The highest BCUT2D eigenvalue weighted by atomic mass is 32.1. The lowest BCUT2D eigenvalue weighted by atomic mass is 10.1. The van der Waals surface area contributed by atoms with Gasteiger partial charge in [0.1, 0.15) is 5.75 Å². The summed E-state index contributed by atoms with van der Waals surface area (Å²) >= 11 is 1.89. The number of nitrogens with one attached hydrogen (secondary N) is 1. The van der Waals surface area contributed by atoms with Gasteiger partial charge in [0.25, 0.3) is 0 Å². The van der Waals surface area contributed by atoms with Gasteiger partial charge in [-0.2, -0.15) is 0 Å². The highest BCUT2D eigenvalue weighted by Gasteiger charge is 2.14. The molecular weight excluding hydrogens is 278 g/mol. The largest absolute Gasteiger partial charge is 0.494 e. The summed E-state index contributed by atoms with van der Waals surface area (Å²) < 4.78 is 5.72. The highest BCUT2D eigenvalue weighted by molar-refractivity contribution is 7.11. The molecule has 0 aliphatic rings. The molecule has 1 aromatic carbocycles. The molecule has 0 saturated carbocycles. The maximum atomic E-state index is 5.72. The first-order valence-corrected chi connectivity index (χ1v) is 8.45. The van der Waals surface area contributed by atoms with Crippen LogP contribution in [0, 0.1) is 6.92 Å². The number of benzene rings is 1. The van der Waals surface area contributed by atoms with E-state index in [0.29, 0.717) is 12.6 Å². The van der Waals surface area contributed by atoms with Crippen molar-refractivity contribution >= 4 is 11.3 Å². The number of rotatable bonds is 7. The fraction of sp³-hybridized carbons (Fsp3) is 0.444. The number of ether oxygens (including phenoxy) is 1. The molecule has 2 aromatic rings. The lowest BCUT2D eigenvalue weighted by Gasteiger charge is -2.22. The van der Waals surface area contributed by atoms with E-state index in [1.807, 2.05) is 30.4 Å². The van der Waals surface area contributed by atoms with Gasteiger partial charge in [-0.05, 0) is 52.3 Å². The summed E-state index contributed by atoms with van der Waals surface area (Å²) in [5.41, 5.74) is 1.23. The van der Waals surface area contributed by atoms with Crippen LogP contribution in [0.2, 0.25) is 0 Å². The first-order chi connectivity index (χ1) is 10.1. The summed E-state index contributed by atoms with van der Waals surface area (Å²) in [7, 11) is 0. The van der Waals surface area contributed by atoms with Crippen LogP contribution in [0.5, 0.6) is 5.75 Å². The van der Waals surface area contributed by atoms with Crippen LogP contribution in [0.25, 0.3) is 0 Å². The van der Waals surface area contributed by atoms with E-state index in [2.05, 4.69) is 50.4 Å². The minimum absolute atomic E-state index is 0.281. The Morgan fingerprint density at radius 2 is 1.90 bits per heavy atom. The van der Waals surface area contributed by atoms with E-state index in [0.717, 1.165) is 12.2 Å². The maximum Gasteiger partial charge on any atom is 0.124 e. The van der Waals surface area contributed by atoms with Crippen LogP contribution < -0.4 is 10.1 Å². The highest BCUT2D eigenvalue weighted by Crippen LogP contribution is 2.25. The van der Waals surface area contributed by atoms with E-state index in [4.69, 9.17) is 4.74 Å². The van der Waals surface area contributed by atoms with Crippen LogP contribution in [0.15, 0.2) is 36.4 Å². The van der Waals surface area contributed by atoms with E-state index in [1.54, 1.807) is 0 Å². The molecule has 0 radical (unpaired) electrons. The van der Waals surface area contributed by atoms with Crippen molar-refractivity contribution in [1.29, 1.82) is 0 Å². The van der Waals surface area contributed by atoms with E-state index in [-0.39, 0.29) is 6.04 Å².